The number of nitrogens with one attached hydrogen (secondary N) is 1. The van der Waals surface area contributed by atoms with Crippen LogP contribution in [0, 0.1) is 0 Å². The first-order valence-corrected chi connectivity index (χ1v) is 8.14. The number of hydrogen-bond acceptors (Lipinski definition) is 2. The summed E-state index contributed by atoms with van der Waals surface area (Å²) in [5.41, 5.74) is 2.96. The van der Waals surface area contributed by atoms with Gasteiger partial charge in [0.15, 0.2) is 0 Å². The maximum atomic E-state index is 5.00. The lowest BCUT2D eigenvalue weighted by molar-refractivity contribution is 0.199. The summed E-state index contributed by atoms with van der Waals surface area (Å²) in [6.07, 6.45) is 8.92. The zero-order valence-corrected chi connectivity index (χ0v) is 13.3. The zero-order chi connectivity index (χ0) is 14.5. The fourth-order valence-electron chi connectivity index (χ4n) is 2.39. The average molecular weight is 277 g/mol. The van der Waals surface area contributed by atoms with Crippen molar-refractivity contribution in [3.63, 3.8) is 0 Å². The van der Waals surface area contributed by atoms with E-state index in [-0.39, 0.29) is 0 Å². The molecule has 0 saturated heterocycles. The Morgan fingerprint density at radius 1 is 0.850 bits per heavy atom. The molecule has 0 aromatic heterocycles. The van der Waals surface area contributed by atoms with Crippen molar-refractivity contribution in [2.24, 2.45) is 0 Å². The number of unbranched alkanes of at least 4 members (excludes halogenated alkanes) is 3. The maximum Gasteiger partial charge on any atom is 0.0587 e. The molecule has 0 fully saturated rings. The molecule has 0 aliphatic carbocycles. The molecule has 0 spiro atoms. The third-order valence-corrected chi connectivity index (χ3v) is 3.61. The molecule has 114 valence electrons. The Morgan fingerprint density at radius 3 is 2.15 bits per heavy atom. The van der Waals surface area contributed by atoms with Crippen molar-refractivity contribution in [1.82, 2.24) is 5.32 Å². The van der Waals surface area contributed by atoms with Crippen LogP contribution in [-0.4, -0.2) is 26.8 Å². The molecule has 0 amide bonds. The molecule has 0 aliphatic rings. The maximum absolute atomic E-state index is 5.00. The van der Waals surface area contributed by atoms with Crippen LogP contribution in [0.25, 0.3) is 0 Å². The molecule has 0 saturated carbocycles. The second-order valence-corrected chi connectivity index (χ2v) is 5.47. The number of hydrogen-bond donors (Lipinski definition) is 1. The van der Waals surface area contributed by atoms with Crippen LogP contribution in [0.2, 0.25) is 0 Å². The Kier molecular flexibility index (Phi) is 10.3. The van der Waals surface area contributed by atoms with Crippen molar-refractivity contribution in [2.75, 3.05) is 26.8 Å². The van der Waals surface area contributed by atoms with Crippen LogP contribution < -0.4 is 5.32 Å². The van der Waals surface area contributed by atoms with Gasteiger partial charge < -0.3 is 10.1 Å². The standard InChI is InChI=1S/C18H31NO/c1-3-8-17-10-12-18(13-11-17)9-6-4-5-7-14-19-15-16-20-2/h10-13,19H,3-9,14-16H2,1-2H3. The van der Waals surface area contributed by atoms with Crippen molar-refractivity contribution >= 4 is 0 Å². The van der Waals surface area contributed by atoms with Gasteiger partial charge in [-0.25, -0.2) is 0 Å². The molecule has 0 unspecified atom stereocenters. The first-order valence-electron chi connectivity index (χ1n) is 8.14. The molecule has 1 aromatic carbocycles. The van der Waals surface area contributed by atoms with Gasteiger partial charge in [-0.2, -0.15) is 0 Å². The normalized spacial score (nSPS) is 10.9. The Morgan fingerprint density at radius 2 is 1.50 bits per heavy atom. The second-order valence-electron chi connectivity index (χ2n) is 5.47. The van der Waals surface area contributed by atoms with E-state index in [1.54, 1.807) is 7.11 Å². The van der Waals surface area contributed by atoms with E-state index in [0.29, 0.717) is 0 Å². The van der Waals surface area contributed by atoms with E-state index in [1.165, 1.54) is 56.1 Å². The topological polar surface area (TPSA) is 21.3 Å². The molecular formula is C18H31NO. The van der Waals surface area contributed by atoms with Crippen LogP contribution in [0.4, 0.5) is 0 Å². The SMILES string of the molecule is CCCc1ccc(CCCCCCNCCOC)cc1. The van der Waals surface area contributed by atoms with E-state index in [1.807, 2.05) is 0 Å². The second kappa shape index (κ2) is 11.9. The summed E-state index contributed by atoms with van der Waals surface area (Å²) in [6.45, 7) is 5.14. The van der Waals surface area contributed by atoms with Crippen LogP contribution in [0.5, 0.6) is 0 Å². The van der Waals surface area contributed by atoms with Gasteiger partial charge in [0.25, 0.3) is 0 Å². The Bertz CT molecular complexity index is 321. The number of aryl methyl sites for hydroxylation is 2. The highest BCUT2D eigenvalue weighted by atomic mass is 16.5. The van der Waals surface area contributed by atoms with Gasteiger partial charge in [-0.3, -0.25) is 0 Å². The number of benzene rings is 1. The van der Waals surface area contributed by atoms with E-state index in [0.717, 1.165) is 19.7 Å². The Labute approximate surface area is 124 Å². The van der Waals surface area contributed by atoms with E-state index in [9.17, 15) is 0 Å². The molecule has 2 heteroatoms. The predicted molar refractivity (Wildman–Crippen MR) is 87.4 cm³/mol. The van der Waals surface area contributed by atoms with Gasteiger partial charge in [-0.1, -0.05) is 50.5 Å². The fourth-order valence-corrected chi connectivity index (χ4v) is 2.39. The van der Waals surface area contributed by atoms with E-state index < -0.39 is 0 Å². The molecule has 1 aromatic rings. The molecule has 0 atom stereocenters. The van der Waals surface area contributed by atoms with Crippen LogP contribution in [-0.2, 0) is 17.6 Å². The van der Waals surface area contributed by atoms with Gasteiger partial charge in [0.2, 0.25) is 0 Å². The quantitative estimate of drug-likeness (QED) is 0.584. The van der Waals surface area contributed by atoms with Gasteiger partial charge in [0.1, 0.15) is 0 Å². The highest BCUT2D eigenvalue weighted by molar-refractivity contribution is 5.22. The number of rotatable bonds is 12. The minimum Gasteiger partial charge on any atom is -0.383 e. The lowest BCUT2D eigenvalue weighted by atomic mass is 10.0. The van der Waals surface area contributed by atoms with Gasteiger partial charge in [-0.05, 0) is 43.4 Å². The summed E-state index contributed by atoms with van der Waals surface area (Å²) in [5.74, 6) is 0. The van der Waals surface area contributed by atoms with E-state index in [4.69, 9.17) is 4.74 Å². The summed E-state index contributed by atoms with van der Waals surface area (Å²) >= 11 is 0. The smallest absolute Gasteiger partial charge is 0.0587 e. The van der Waals surface area contributed by atoms with E-state index >= 15 is 0 Å². The largest absolute Gasteiger partial charge is 0.383 e. The van der Waals surface area contributed by atoms with Gasteiger partial charge in [-0.15, -0.1) is 0 Å². The zero-order valence-electron chi connectivity index (χ0n) is 13.3. The minimum atomic E-state index is 0.814. The number of ether oxygens (including phenoxy) is 1. The Hall–Kier alpha value is -0.860. The highest BCUT2D eigenvalue weighted by Crippen LogP contribution is 2.10. The first kappa shape index (κ1) is 17.2. The van der Waals surface area contributed by atoms with Crippen LogP contribution in [0.15, 0.2) is 24.3 Å². The average Bonchev–Trinajstić information content (AvgIpc) is 2.47. The molecule has 2 nitrogen and oxygen atoms in total. The van der Waals surface area contributed by atoms with Crippen molar-refractivity contribution in [3.8, 4) is 0 Å². The number of methoxy groups -OCH3 is 1. The van der Waals surface area contributed by atoms with Gasteiger partial charge in [0, 0.05) is 13.7 Å². The third kappa shape index (κ3) is 8.34. The minimum absolute atomic E-state index is 0.814. The lowest BCUT2D eigenvalue weighted by Crippen LogP contribution is -2.20. The van der Waals surface area contributed by atoms with Crippen molar-refractivity contribution in [1.29, 1.82) is 0 Å². The summed E-state index contributed by atoms with van der Waals surface area (Å²) in [7, 11) is 1.75. The van der Waals surface area contributed by atoms with Crippen molar-refractivity contribution in [2.45, 2.75) is 51.9 Å². The molecule has 0 aliphatic heterocycles. The molecular weight excluding hydrogens is 246 g/mol. The summed E-state index contributed by atoms with van der Waals surface area (Å²) in [6, 6.07) is 9.19. The van der Waals surface area contributed by atoms with Crippen LogP contribution in [0.1, 0.15) is 50.2 Å². The first-order chi connectivity index (χ1) is 9.86. The van der Waals surface area contributed by atoms with Crippen molar-refractivity contribution in [3.05, 3.63) is 35.4 Å². The molecule has 1 N–H and O–H groups in total. The predicted octanol–water partition coefficient (Wildman–Crippen LogP) is 3.98. The van der Waals surface area contributed by atoms with Crippen LogP contribution >= 0.6 is 0 Å². The molecule has 0 radical (unpaired) electrons. The van der Waals surface area contributed by atoms with E-state index in [2.05, 4.69) is 36.5 Å². The highest BCUT2D eigenvalue weighted by Gasteiger charge is 1.96. The van der Waals surface area contributed by atoms with Gasteiger partial charge >= 0.3 is 0 Å². The Balaban J connectivity index is 1.98. The fraction of sp³-hybridized carbons (Fsp3) is 0.667. The summed E-state index contributed by atoms with van der Waals surface area (Å²) < 4.78 is 5.00. The summed E-state index contributed by atoms with van der Waals surface area (Å²) in [5, 5.41) is 3.39. The molecule has 20 heavy (non-hydrogen) atoms. The van der Waals surface area contributed by atoms with Crippen molar-refractivity contribution < 1.29 is 4.74 Å². The van der Waals surface area contributed by atoms with Gasteiger partial charge in [0.05, 0.1) is 6.61 Å². The van der Waals surface area contributed by atoms with Crippen LogP contribution in [0.3, 0.4) is 0 Å². The molecule has 0 heterocycles. The summed E-state index contributed by atoms with van der Waals surface area (Å²) in [4.78, 5) is 0. The monoisotopic (exact) mass is 277 g/mol. The molecule has 1 rings (SSSR count). The molecule has 0 bridgehead atoms. The lowest BCUT2D eigenvalue weighted by Gasteiger charge is -2.05. The third-order valence-electron chi connectivity index (χ3n) is 3.61.